The Morgan fingerprint density at radius 2 is 1.85 bits per heavy atom. The molecule has 1 saturated heterocycles. The number of likely N-dealkylation sites (N-methyl/N-ethyl adjacent to an activating group) is 1. The van der Waals surface area contributed by atoms with E-state index in [0.717, 1.165) is 91.7 Å². The van der Waals surface area contributed by atoms with E-state index in [2.05, 4.69) is 89.5 Å². The van der Waals surface area contributed by atoms with Crippen LogP contribution in [0, 0.1) is 0 Å². The highest BCUT2D eigenvalue weighted by molar-refractivity contribution is 5.89. The first-order valence-corrected chi connectivity index (χ1v) is 18.8. The number of urea groups is 1. The minimum Gasteiger partial charge on any atom is -0.484 e. The first-order chi connectivity index (χ1) is 26.0. The SMILES string of the molecule is CCN(C)CCn1cc(-n2nc(C(C)(C)C)cc2NC(=O)N[C@H]2CC[C@@H](Oc3ccc4nnc(N5CCCC[C@@H]5C)n4c3)c3ccccc32)cn1.O=CO. The molecule has 15 nitrogen and oxygen atoms in total. The van der Waals surface area contributed by atoms with Crippen LogP contribution in [0.2, 0.25) is 0 Å². The molecule has 3 atom stereocenters. The number of ether oxygens (including phenoxy) is 1. The number of nitrogens with zero attached hydrogens (tertiary/aromatic N) is 9. The van der Waals surface area contributed by atoms with Crippen molar-refractivity contribution in [1.29, 1.82) is 0 Å². The second-order valence-electron chi connectivity index (χ2n) is 15.1. The van der Waals surface area contributed by atoms with Crippen molar-refractivity contribution < 1.29 is 19.4 Å². The molecule has 3 N–H and O–H groups in total. The standard InChI is InChI=1S/C38H51N11O2.CH2O2/c1-7-45(6)20-21-46-24-27(23-39-46)49-35(22-33(44-49)38(3,4)5)41-36(50)40-31-16-17-32(30-14-9-8-13-29(30)31)51-28-15-18-34-42-43-37(48(34)25-28)47-19-11-10-12-26(47)2;2-1-3/h8-9,13-15,18,22-26,31-32H,7,10-12,16-17,19-21H2,1-6H3,(H2,40,41,50);1H,(H,2,3)/t26-,31-,32+;/m0./s1. The second-order valence-corrected chi connectivity index (χ2v) is 15.1. The zero-order valence-electron chi connectivity index (χ0n) is 32.1. The normalized spacial score (nSPS) is 18.5. The van der Waals surface area contributed by atoms with Crippen LogP contribution in [0.5, 0.6) is 5.75 Å². The van der Waals surface area contributed by atoms with Crippen molar-refractivity contribution in [2.75, 3.05) is 36.9 Å². The summed E-state index contributed by atoms with van der Waals surface area (Å²) in [4.78, 5) is 26.6. The number of anilines is 2. The van der Waals surface area contributed by atoms with Gasteiger partial charge in [-0.3, -0.25) is 19.2 Å². The average Bonchev–Trinajstić information content (AvgIpc) is 3.91. The Labute approximate surface area is 316 Å². The Kier molecular flexibility index (Phi) is 11.8. The summed E-state index contributed by atoms with van der Waals surface area (Å²) in [5.41, 5.74) is 4.40. The molecule has 15 heteroatoms. The van der Waals surface area contributed by atoms with Crippen molar-refractivity contribution in [1.82, 2.24) is 44.4 Å². The highest BCUT2D eigenvalue weighted by Crippen LogP contribution is 2.39. The number of nitrogens with one attached hydrogen (secondary N) is 2. The largest absolute Gasteiger partial charge is 0.484 e. The molecule has 0 bridgehead atoms. The van der Waals surface area contributed by atoms with Crippen LogP contribution < -0.4 is 20.3 Å². The lowest BCUT2D eigenvalue weighted by atomic mass is 9.85. The van der Waals surface area contributed by atoms with Gasteiger partial charge in [-0.25, -0.2) is 9.48 Å². The Balaban J connectivity index is 0.00000160. The molecule has 0 saturated carbocycles. The molecule has 0 spiro atoms. The van der Waals surface area contributed by atoms with Crippen LogP contribution >= 0.6 is 0 Å². The van der Waals surface area contributed by atoms with E-state index in [1.165, 1.54) is 6.42 Å². The maximum absolute atomic E-state index is 13.7. The van der Waals surface area contributed by atoms with Gasteiger partial charge in [0.05, 0.1) is 36.9 Å². The number of benzene rings is 1. The molecular weight excluding hydrogens is 687 g/mol. The molecule has 54 heavy (non-hydrogen) atoms. The number of amides is 2. The molecule has 1 aromatic carbocycles. The maximum Gasteiger partial charge on any atom is 0.320 e. The molecule has 1 aliphatic heterocycles. The Hall–Kier alpha value is -5.44. The molecule has 5 heterocycles. The fraction of sp³-hybridized carbons (Fsp3) is 0.487. The topological polar surface area (TPSA) is 160 Å². The van der Waals surface area contributed by atoms with Gasteiger partial charge in [0.15, 0.2) is 5.65 Å². The van der Waals surface area contributed by atoms with Gasteiger partial charge in [-0.2, -0.15) is 10.2 Å². The number of pyridine rings is 1. The third kappa shape index (κ3) is 8.67. The van der Waals surface area contributed by atoms with Crippen molar-refractivity contribution in [3.05, 3.63) is 77.9 Å². The van der Waals surface area contributed by atoms with Gasteiger partial charge in [0, 0.05) is 30.6 Å². The zero-order chi connectivity index (χ0) is 38.4. The van der Waals surface area contributed by atoms with E-state index in [9.17, 15) is 4.79 Å². The van der Waals surface area contributed by atoms with E-state index in [-0.39, 0.29) is 30.1 Å². The van der Waals surface area contributed by atoms with Gasteiger partial charge in [0.25, 0.3) is 6.47 Å². The summed E-state index contributed by atoms with van der Waals surface area (Å²) in [6.45, 7) is 14.1. The molecule has 0 unspecified atom stereocenters. The van der Waals surface area contributed by atoms with Gasteiger partial charge in [-0.15, -0.1) is 10.2 Å². The van der Waals surface area contributed by atoms with Crippen LogP contribution in [0.3, 0.4) is 0 Å². The number of hydrogen-bond acceptors (Lipinski definition) is 9. The zero-order valence-corrected chi connectivity index (χ0v) is 32.1. The van der Waals surface area contributed by atoms with Gasteiger partial charge in [0.1, 0.15) is 23.4 Å². The summed E-state index contributed by atoms with van der Waals surface area (Å²) >= 11 is 0. The number of aromatic nitrogens is 7. The monoisotopic (exact) mass is 739 g/mol. The number of carbonyl (C=O) groups excluding carboxylic acids is 1. The molecule has 7 rings (SSSR count). The number of hydrogen-bond donors (Lipinski definition) is 3. The van der Waals surface area contributed by atoms with Crippen LogP contribution in [-0.2, 0) is 16.8 Å². The van der Waals surface area contributed by atoms with E-state index in [0.29, 0.717) is 11.9 Å². The van der Waals surface area contributed by atoms with E-state index in [4.69, 9.17) is 19.7 Å². The van der Waals surface area contributed by atoms with E-state index < -0.39 is 0 Å². The Bertz CT molecular complexity index is 2030. The molecular formula is C39H53N11O4. The van der Waals surface area contributed by atoms with Crippen molar-refractivity contribution in [3.63, 3.8) is 0 Å². The van der Waals surface area contributed by atoms with E-state index >= 15 is 0 Å². The summed E-state index contributed by atoms with van der Waals surface area (Å²) < 4.78 is 12.4. The number of piperidine rings is 1. The lowest BCUT2D eigenvalue weighted by Crippen LogP contribution is -2.38. The van der Waals surface area contributed by atoms with Crippen LogP contribution in [-0.4, -0.2) is 89.4 Å². The van der Waals surface area contributed by atoms with E-state index in [1.54, 1.807) is 10.9 Å². The second kappa shape index (κ2) is 16.7. The van der Waals surface area contributed by atoms with Gasteiger partial charge < -0.3 is 25.0 Å². The molecule has 2 amide bonds. The van der Waals surface area contributed by atoms with Crippen molar-refractivity contribution in [2.24, 2.45) is 0 Å². The minimum atomic E-state index is -0.287. The van der Waals surface area contributed by atoms with E-state index in [1.807, 2.05) is 51.8 Å². The van der Waals surface area contributed by atoms with Gasteiger partial charge >= 0.3 is 6.03 Å². The first kappa shape index (κ1) is 38.3. The third-order valence-electron chi connectivity index (χ3n) is 10.3. The number of fused-ring (bicyclic) bond motifs is 2. The quantitative estimate of drug-likeness (QED) is 0.140. The number of rotatable bonds is 10. The fourth-order valence-electron chi connectivity index (χ4n) is 7.07. The van der Waals surface area contributed by atoms with Crippen LogP contribution in [0.1, 0.15) is 95.7 Å². The van der Waals surface area contributed by atoms with Gasteiger partial charge in [-0.05, 0) is 75.9 Å². The predicted molar refractivity (Wildman–Crippen MR) is 207 cm³/mol. The minimum absolute atomic E-state index is 0.155. The van der Waals surface area contributed by atoms with Crippen molar-refractivity contribution in [3.8, 4) is 11.4 Å². The Morgan fingerprint density at radius 3 is 2.59 bits per heavy atom. The Morgan fingerprint density at radius 1 is 1.07 bits per heavy atom. The summed E-state index contributed by atoms with van der Waals surface area (Å²) in [5, 5.41) is 31.7. The predicted octanol–water partition coefficient (Wildman–Crippen LogP) is 6.22. The molecule has 288 valence electrons. The summed E-state index contributed by atoms with van der Waals surface area (Å²) in [6.07, 6.45) is 10.7. The molecule has 5 aromatic rings. The van der Waals surface area contributed by atoms with Crippen LogP contribution in [0.15, 0.2) is 61.1 Å². The fourth-order valence-corrected chi connectivity index (χ4v) is 7.07. The van der Waals surface area contributed by atoms with Crippen LogP contribution in [0.25, 0.3) is 11.3 Å². The summed E-state index contributed by atoms with van der Waals surface area (Å²) in [5.74, 6) is 2.23. The molecule has 0 radical (unpaired) electrons. The highest BCUT2D eigenvalue weighted by Gasteiger charge is 2.31. The molecule has 1 fully saturated rings. The lowest BCUT2D eigenvalue weighted by Gasteiger charge is -2.33. The molecule has 1 aliphatic carbocycles. The van der Waals surface area contributed by atoms with Crippen molar-refractivity contribution >= 4 is 29.9 Å². The molecule has 4 aromatic heterocycles. The smallest absolute Gasteiger partial charge is 0.320 e. The maximum atomic E-state index is 13.7. The van der Waals surface area contributed by atoms with Crippen LogP contribution in [0.4, 0.5) is 16.6 Å². The highest BCUT2D eigenvalue weighted by atomic mass is 16.5. The number of carbonyl (C=O) groups is 2. The van der Waals surface area contributed by atoms with Gasteiger partial charge in [-0.1, -0.05) is 52.0 Å². The molecule has 2 aliphatic rings. The number of carboxylic acid groups (broad SMARTS) is 1. The third-order valence-corrected chi connectivity index (χ3v) is 10.3. The lowest BCUT2D eigenvalue weighted by molar-refractivity contribution is -0.122. The average molecular weight is 740 g/mol. The van der Waals surface area contributed by atoms with Crippen molar-refractivity contribution in [2.45, 2.75) is 96.9 Å². The summed E-state index contributed by atoms with van der Waals surface area (Å²) in [7, 11) is 2.09. The van der Waals surface area contributed by atoms with Gasteiger partial charge in [0.2, 0.25) is 5.95 Å². The summed E-state index contributed by atoms with van der Waals surface area (Å²) in [6, 6.07) is 14.1. The first-order valence-electron chi connectivity index (χ1n) is 18.8.